The normalized spacial score (nSPS) is 10.0. The van der Waals surface area contributed by atoms with Crippen molar-refractivity contribution in [1.82, 2.24) is 5.48 Å². The molecule has 5 nitrogen and oxygen atoms in total. The first-order chi connectivity index (χ1) is 9.11. The summed E-state index contributed by atoms with van der Waals surface area (Å²) < 4.78 is 0. The van der Waals surface area contributed by atoms with E-state index < -0.39 is 5.91 Å². The smallest absolute Gasteiger partial charge is 0.243 e. The predicted molar refractivity (Wildman–Crippen MR) is 73.1 cm³/mol. The van der Waals surface area contributed by atoms with E-state index in [4.69, 9.17) is 16.8 Å². The summed E-state index contributed by atoms with van der Waals surface area (Å²) in [5.41, 5.74) is 2.25. The zero-order chi connectivity index (χ0) is 14.1. The van der Waals surface area contributed by atoms with Crippen LogP contribution in [0.3, 0.4) is 0 Å². The number of unbranched alkanes of at least 4 members (excludes halogenated alkanes) is 2. The molecular weight excluding hydrogens is 268 g/mol. The van der Waals surface area contributed by atoms with Gasteiger partial charge >= 0.3 is 0 Å². The molecule has 104 valence electrons. The van der Waals surface area contributed by atoms with Crippen molar-refractivity contribution in [3.8, 4) is 0 Å². The van der Waals surface area contributed by atoms with E-state index in [1.807, 2.05) is 0 Å². The number of rotatable bonds is 7. The number of carbonyl (C=O) groups is 2. The zero-order valence-electron chi connectivity index (χ0n) is 10.5. The third-order valence-electron chi connectivity index (χ3n) is 2.54. The van der Waals surface area contributed by atoms with E-state index in [0.29, 0.717) is 30.0 Å². The molecule has 0 atom stereocenters. The molecule has 0 spiro atoms. The van der Waals surface area contributed by atoms with Gasteiger partial charge in [0.2, 0.25) is 11.8 Å². The zero-order valence-corrected chi connectivity index (χ0v) is 11.2. The molecule has 0 saturated carbocycles. The second-order valence-electron chi connectivity index (χ2n) is 4.15. The number of halogens is 1. The molecule has 0 heterocycles. The molecule has 0 aromatic heterocycles. The lowest BCUT2D eigenvalue weighted by molar-refractivity contribution is -0.129. The SMILES string of the molecule is O=C(CCCCCC(=O)Nc1cccc(Cl)c1)NO. The summed E-state index contributed by atoms with van der Waals surface area (Å²) in [7, 11) is 0. The molecule has 0 aliphatic carbocycles. The van der Waals surface area contributed by atoms with Crippen molar-refractivity contribution in [1.29, 1.82) is 0 Å². The van der Waals surface area contributed by atoms with Gasteiger partial charge in [-0.15, -0.1) is 0 Å². The summed E-state index contributed by atoms with van der Waals surface area (Å²) in [5.74, 6) is -0.475. The number of hydroxylamine groups is 1. The van der Waals surface area contributed by atoms with Gasteiger partial charge in [0.1, 0.15) is 0 Å². The Labute approximate surface area is 116 Å². The molecule has 0 aliphatic rings. The lowest BCUT2D eigenvalue weighted by atomic mass is 10.1. The first-order valence-corrected chi connectivity index (χ1v) is 6.48. The molecule has 0 aliphatic heterocycles. The highest BCUT2D eigenvalue weighted by atomic mass is 35.5. The van der Waals surface area contributed by atoms with E-state index in [0.717, 1.165) is 6.42 Å². The van der Waals surface area contributed by atoms with Gasteiger partial charge in [-0.3, -0.25) is 14.8 Å². The van der Waals surface area contributed by atoms with Gasteiger partial charge in [-0.25, -0.2) is 5.48 Å². The van der Waals surface area contributed by atoms with Crippen molar-refractivity contribution in [2.24, 2.45) is 0 Å². The van der Waals surface area contributed by atoms with Crippen molar-refractivity contribution in [3.05, 3.63) is 29.3 Å². The van der Waals surface area contributed by atoms with Crippen molar-refractivity contribution in [3.63, 3.8) is 0 Å². The minimum atomic E-state index is -0.400. The van der Waals surface area contributed by atoms with Crippen molar-refractivity contribution in [2.75, 3.05) is 5.32 Å². The topological polar surface area (TPSA) is 78.4 Å². The summed E-state index contributed by atoms with van der Waals surface area (Å²) in [4.78, 5) is 22.3. The van der Waals surface area contributed by atoms with Crippen LogP contribution in [0.4, 0.5) is 5.69 Å². The molecule has 2 amide bonds. The second kappa shape index (κ2) is 8.50. The van der Waals surface area contributed by atoms with Gasteiger partial charge in [0, 0.05) is 23.6 Å². The Morgan fingerprint density at radius 2 is 1.79 bits per heavy atom. The predicted octanol–water partition coefficient (Wildman–Crippen LogP) is 2.73. The third-order valence-corrected chi connectivity index (χ3v) is 2.78. The number of carbonyl (C=O) groups excluding carboxylic acids is 2. The van der Waals surface area contributed by atoms with Crippen LogP contribution >= 0.6 is 11.6 Å². The molecule has 0 fully saturated rings. The highest BCUT2D eigenvalue weighted by molar-refractivity contribution is 6.30. The fourth-order valence-electron chi connectivity index (χ4n) is 1.59. The van der Waals surface area contributed by atoms with E-state index in [9.17, 15) is 9.59 Å². The van der Waals surface area contributed by atoms with Gasteiger partial charge in [-0.05, 0) is 31.0 Å². The number of anilines is 1. The Bertz CT molecular complexity index is 438. The largest absolute Gasteiger partial charge is 0.326 e. The quantitative estimate of drug-likeness (QED) is 0.409. The molecule has 6 heteroatoms. The molecule has 1 aromatic rings. The summed E-state index contributed by atoms with van der Waals surface area (Å²) >= 11 is 5.81. The maximum absolute atomic E-state index is 11.6. The van der Waals surface area contributed by atoms with E-state index in [-0.39, 0.29) is 12.3 Å². The number of amides is 2. The molecule has 1 aromatic carbocycles. The van der Waals surface area contributed by atoms with Crippen LogP contribution in [0.15, 0.2) is 24.3 Å². The van der Waals surface area contributed by atoms with E-state index in [1.54, 1.807) is 29.7 Å². The molecule has 0 radical (unpaired) electrons. The Hall–Kier alpha value is -1.59. The van der Waals surface area contributed by atoms with Gasteiger partial charge in [-0.1, -0.05) is 24.1 Å². The summed E-state index contributed by atoms with van der Waals surface area (Å²) in [6, 6.07) is 6.97. The van der Waals surface area contributed by atoms with Gasteiger partial charge in [0.05, 0.1) is 0 Å². The molecule has 0 saturated heterocycles. The molecule has 1 rings (SSSR count). The van der Waals surface area contributed by atoms with Gasteiger partial charge in [-0.2, -0.15) is 0 Å². The minimum Gasteiger partial charge on any atom is -0.326 e. The maximum Gasteiger partial charge on any atom is 0.243 e. The van der Waals surface area contributed by atoms with Crippen molar-refractivity contribution in [2.45, 2.75) is 32.1 Å². The van der Waals surface area contributed by atoms with Crippen LogP contribution in [0.5, 0.6) is 0 Å². The summed E-state index contributed by atoms with van der Waals surface area (Å²) in [5, 5.41) is 11.6. The van der Waals surface area contributed by atoms with Crippen LogP contribution in [0.25, 0.3) is 0 Å². The fraction of sp³-hybridized carbons (Fsp3) is 0.385. The third kappa shape index (κ3) is 6.79. The van der Waals surface area contributed by atoms with E-state index >= 15 is 0 Å². The van der Waals surface area contributed by atoms with Crippen LogP contribution in [0, 0.1) is 0 Å². The Kier molecular flexibility index (Phi) is 6.92. The second-order valence-corrected chi connectivity index (χ2v) is 4.59. The molecule has 19 heavy (non-hydrogen) atoms. The summed E-state index contributed by atoms with van der Waals surface area (Å²) in [6.07, 6.45) is 2.78. The van der Waals surface area contributed by atoms with Gasteiger partial charge in [0.25, 0.3) is 0 Å². The standard InChI is InChI=1S/C13H17ClN2O3/c14-10-5-4-6-11(9-10)15-12(17)7-2-1-3-8-13(18)16-19/h4-6,9,19H,1-3,7-8H2,(H,15,17)(H,16,18). The van der Waals surface area contributed by atoms with Crippen LogP contribution in [-0.4, -0.2) is 17.0 Å². The van der Waals surface area contributed by atoms with Crippen molar-refractivity contribution >= 4 is 29.1 Å². The first kappa shape index (κ1) is 15.5. The highest BCUT2D eigenvalue weighted by Gasteiger charge is 2.03. The maximum atomic E-state index is 11.6. The van der Waals surface area contributed by atoms with Gasteiger partial charge in [0.15, 0.2) is 0 Å². The van der Waals surface area contributed by atoms with Crippen LogP contribution in [0.1, 0.15) is 32.1 Å². The molecular formula is C13H17ClN2O3. The first-order valence-electron chi connectivity index (χ1n) is 6.10. The number of benzene rings is 1. The average molecular weight is 285 g/mol. The van der Waals surface area contributed by atoms with Crippen LogP contribution < -0.4 is 10.8 Å². The van der Waals surface area contributed by atoms with E-state index in [2.05, 4.69) is 5.32 Å². The molecule has 0 unspecified atom stereocenters. The Morgan fingerprint density at radius 1 is 1.11 bits per heavy atom. The average Bonchev–Trinajstić information content (AvgIpc) is 2.38. The van der Waals surface area contributed by atoms with E-state index in [1.165, 1.54) is 0 Å². The Balaban J connectivity index is 2.16. The van der Waals surface area contributed by atoms with Crippen LogP contribution in [0.2, 0.25) is 5.02 Å². The number of hydrogen-bond donors (Lipinski definition) is 3. The van der Waals surface area contributed by atoms with Gasteiger partial charge < -0.3 is 5.32 Å². The summed E-state index contributed by atoms with van der Waals surface area (Å²) in [6.45, 7) is 0. The van der Waals surface area contributed by atoms with Crippen LogP contribution in [-0.2, 0) is 9.59 Å². The monoisotopic (exact) mass is 284 g/mol. The number of hydrogen-bond acceptors (Lipinski definition) is 3. The van der Waals surface area contributed by atoms with Crippen molar-refractivity contribution < 1.29 is 14.8 Å². The minimum absolute atomic E-state index is 0.0751. The lowest BCUT2D eigenvalue weighted by Crippen LogP contribution is -2.17. The molecule has 0 bridgehead atoms. The lowest BCUT2D eigenvalue weighted by Gasteiger charge is -2.05. The highest BCUT2D eigenvalue weighted by Crippen LogP contribution is 2.15. The fourth-order valence-corrected chi connectivity index (χ4v) is 1.78. The number of nitrogens with one attached hydrogen (secondary N) is 2. The molecule has 3 N–H and O–H groups in total. The Morgan fingerprint density at radius 3 is 2.42 bits per heavy atom.